The number of piperidine rings is 1. The van der Waals surface area contributed by atoms with Crippen LogP contribution in [0.2, 0.25) is 0 Å². The average Bonchev–Trinajstić information content (AvgIpc) is 2.91. The highest BCUT2D eigenvalue weighted by Crippen LogP contribution is 2.43. The smallest absolute Gasteiger partial charge is 0.223 e. The van der Waals surface area contributed by atoms with E-state index in [9.17, 15) is 33.0 Å². The minimum atomic E-state index is -1.67. The van der Waals surface area contributed by atoms with Crippen molar-refractivity contribution in [3.05, 3.63) is 93.4 Å². The van der Waals surface area contributed by atoms with Gasteiger partial charge in [0.25, 0.3) is 0 Å². The number of phenolic OH excluding ortho intramolecular Hbond substituents is 2. The van der Waals surface area contributed by atoms with Crippen molar-refractivity contribution < 1.29 is 32.6 Å². The van der Waals surface area contributed by atoms with Gasteiger partial charge in [0.15, 0.2) is 22.9 Å². The molecular formula is C29H24F3NO5. The van der Waals surface area contributed by atoms with Crippen molar-refractivity contribution in [1.29, 1.82) is 0 Å². The lowest BCUT2D eigenvalue weighted by atomic mass is 9.85. The van der Waals surface area contributed by atoms with Crippen LogP contribution in [-0.4, -0.2) is 34.1 Å². The highest BCUT2D eigenvalue weighted by molar-refractivity contribution is 5.91. The van der Waals surface area contributed by atoms with Crippen LogP contribution in [0.3, 0.4) is 0 Å². The first-order chi connectivity index (χ1) is 18.2. The first kappa shape index (κ1) is 25.4. The van der Waals surface area contributed by atoms with E-state index in [0.29, 0.717) is 18.7 Å². The molecule has 1 aliphatic rings. The van der Waals surface area contributed by atoms with Crippen molar-refractivity contribution in [1.82, 2.24) is 4.90 Å². The number of carbonyl (C=O) groups is 1. The summed E-state index contributed by atoms with van der Waals surface area (Å²) in [6, 6.07) is 12.2. The minimum absolute atomic E-state index is 0.118. The second-order valence-electron chi connectivity index (χ2n) is 9.37. The van der Waals surface area contributed by atoms with E-state index in [1.165, 1.54) is 6.07 Å². The Morgan fingerprint density at radius 3 is 2.24 bits per heavy atom. The van der Waals surface area contributed by atoms with Gasteiger partial charge in [0.1, 0.15) is 28.2 Å². The summed E-state index contributed by atoms with van der Waals surface area (Å²) >= 11 is 0. The summed E-state index contributed by atoms with van der Waals surface area (Å²) in [5, 5.41) is 21.2. The topological polar surface area (TPSA) is 91.0 Å². The highest BCUT2D eigenvalue weighted by Gasteiger charge is 2.31. The molecule has 2 N–H and O–H groups in total. The number of amides is 1. The van der Waals surface area contributed by atoms with Crippen LogP contribution in [0.4, 0.5) is 13.2 Å². The molecule has 4 aromatic rings. The monoisotopic (exact) mass is 523 g/mol. The van der Waals surface area contributed by atoms with Crippen molar-refractivity contribution in [2.24, 2.45) is 0 Å². The zero-order chi connectivity index (χ0) is 27.0. The van der Waals surface area contributed by atoms with E-state index in [1.54, 1.807) is 35.2 Å². The number of phenols is 2. The number of hydrogen-bond acceptors (Lipinski definition) is 5. The molecule has 0 bridgehead atoms. The number of rotatable bonds is 5. The largest absolute Gasteiger partial charge is 0.507 e. The standard InChI is InChI=1S/C29H24F3NO5/c30-19-11-17(12-20(31)28(19)32)18(13-25(37)33-9-5-2-6-10-33)26-21(34)14-22(35)27-23(36)15-24(38-29(26)27)16-7-3-1-4-8-16/h1,3-4,7-8,11-12,14-15,18,34-35H,2,5-6,9-10,13H2/t18-/m0/s1. The van der Waals surface area contributed by atoms with Crippen LogP contribution >= 0.6 is 0 Å². The number of likely N-dealkylation sites (tertiary alicyclic amines) is 1. The van der Waals surface area contributed by atoms with Crippen LogP contribution in [0.15, 0.2) is 63.8 Å². The van der Waals surface area contributed by atoms with Crippen LogP contribution in [0.5, 0.6) is 11.5 Å². The fourth-order valence-electron chi connectivity index (χ4n) is 5.01. The van der Waals surface area contributed by atoms with Crippen LogP contribution in [0.25, 0.3) is 22.3 Å². The molecule has 0 radical (unpaired) electrons. The Hall–Kier alpha value is -4.27. The predicted octanol–water partition coefficient (Wildman–Crippen LogP) is 5.82. The Bertz CT molecular complexity index is 1560. The summed E-state index contributed by atoms with van der Waals surface area (Å²) in [6.45, 7) is 1.01. The predicted molar refractivity (Wildman–Crippen MR) is 134 cm³/mol. The SMILES string of the molecule is O=C(C[C@@H](c1cc(F)c(F)c(F)c1)c1c(O)cc(O)c2c(=O)cc(-c3ccccc3)oc12)N1CCCCC1. The Balaban J connectivity index is 1.75. The van der Waals surface area contributed by atoms with Crippen LogP contribution in [0, 0.1) is 17.5 Å². The van der Waals surface area contributed by atoms with Gasteiger partial charge in [-0.05, 0) is 37.0 Å². The Kier molecular flexibility index (Phi) is 6.84. The van der Waals surface area contributed by atoms with Gasteiger partial charge >= 0.3 is 0 Å². The number of halogens is 3. The van der Waals surface area contributed by atoms with Crippen molar-refractivity contribution in [2.45, 2.75) is 31.6 Å². The molecule has 0 aliphatic carbocycles. The second-order valence-corrected chi connectivity index (χ2v) is 9.37. The molecule has 1 atom stereocenters. The van der Waals surface area contributed by atoms with E-state index in [-0.39, 0.29) is 40.2 Å². The van der Waals surface area contributed by atoms with Crippen molar-refractivity contribution in [3.63, 3.8) is 0 Å². The summed E-state index contributed by atoms with van der Waals surface area (Å²) in [6.07, 6.45) is 2.23. The number of hydrogen-bond donors (Lipinski definition) is 2. The summed E-state index contributed by atoms with van der Waals surface area (Å²) in [5.74, 6) is -7.18. The molecule has 1 amide bonds. The number of aromatic hydroxyl groups is 2. The zero-order valence-electron chi connectivity index (χ0n) is 20.2. The molecule has 1 aliphatic heterocycles. The fraction of sp³-hybridized carbons (Fsp3) is 0.241. The molecule has 1 fully saturated rings. The molecule has 0 unspecified atom stereocenters. The molecule has 6 nitrogen and oxygen atoms in total. The van der Waals surface area contributed by atoms with E-state index in [2.05, 4.69) is 0 Å². The lowest BCUT2D eigenvalue weighted by molar-refractivity contribution is -0.132. The second kappa shape index (κ2) is 10.2. The summed E-state index contributed by atoms with van der Waals surface area (Å²) in [5.41, 5.74) is -0.595. The van der Waals surface area contributed by atoms with Gasteiger partial charge in [0.2, 0.25) is 5.91 Å². The average molecular weight is 524 g/mol. The molecule has 3 aromatic carbocycles. The molecule has 1 saturated heterocycles. The van der Waals surface area contributed by atoms with Crippen LogP contribution < -0.4 is 5.43 Å². The summed E-state index contributed by atoms with van der Waals surface area (Å²) in [7, 11) is 0. The summed E-state index contributed by atoms with van der Waals surface area (Å²) in [4.78, 5) is 28.0. The van der Waals surface area contributed by atoms with Crippen molar-refractivity contribution >= 4 is 16.9 Å². The normalized spacial score (nSPS) is 14.6. The number of benzene rings is 3. The van der Waals surface area contributed by atoms with Crippen molar-refractivity contribution in [3.8, 4) is 22.8 Å². The van der Waals surface area contributed by atoms with E-state index in [1.807, 2.05) is 0 Å². The number of nitrogens with zero attached hydrogens (tertiary/aromatic N) is 1. The van der Waals surface area contributed by atoms with Crippen molar-refractivity contribution in [2.75, 3.05) is 13.1 Å². The highest BCUT2D eigenvalue weighted by atomic mass is 19.2. The lowest BCUT2D eigenvalue weighted by Gasteiger charge is -2.29. The molecule has 0 saturated carbocycles. The lowest BCUT2D eigenvalue weighted by Crippen LogP contribution is -2.36. The molecule has 2 heterocycles. The molecule has 9 heteroatoms. The van der Waals surface area contributed by atoms with Gasteiger partial charge in [-0.25, -0.2) is 13.2 Å². The molecule has 0 spiro atoms. The number of fused-ring (bicyclic) bond motifs is 1. The minimum Gasteiger partial charge on any atom is -0.507 e. The van der Waals surface area contributed by atoms with E-state index < -0.39 is 40.3 Å². The maximum Gasteiger partial charge on any atom is 0.223 e. The first-order valence-corrected chi connectivity index (χ1v) is 12.2. The van der Waals surface area contributed by atoms with Gasteiger partial charge in [-0.15, -0.1) is 0 Å². The van der Waals surface area contributed by atoms with Crippen LogP contribution in [-0.2, 0) is 4.79 Å². The molecule has 196 valence electrons. The first-order valence-electron chi connectivity index (χ1n) is 12.2. The van der Waals surface area contributed by atoms with Gasteiger partial charge < -0.3 is 19.5 Å². The third-order valence-electron chi connectivity index (χ3n) is 6.90. The molecule has 5 rings (SSSR count). The van der Waals surface area contributed by atoms with E-state index in [0.717, 1.165) is 37.5 Å². The van der Waals surface area contributed by atoms with Gasteiger partial charge in [0, 0.05) is 48.7 Å². The van der Waals surface area contributed by atoms with Gasteiger partial charge in [-0.1, -0.05) is 30.3 Å². The van der Waals surface area contributed by atoms with E-state index in [4.69, 9.17) is 4.42 Å². The molecule has 1 aromatic heterocycles. The molecule has 38 heavy (non-hydrogen) atoms. The maximum absolute atomic E-state index is 14.4. The zero-order valence-corrected chi connectivity index (χ0v) is 20.2. The maximum atomic E-state index is 14.4. The third-order valence-corrected chi connectivity index (χ3v) is 6.90. The fourth-order valence-corrected chi connectivity index (χ4v) is 5.01. The Morgan fingerprint density at radius 2 is 1.58 bits per heavy atom. The third kappa shape index (κ3) is 4.71. The van der Waals surface area contributed by atoms with Gasteiger partial charge in [-0.3, -0.25) is 9.59 Å². The van der Waals surface area contributed by atoms with Gasteiger partial charge in [-0.2, -0.15) is 0 Å². The van der Waals surface area contributed by atoms with E-state index >= 15 is 0 Å². The number of carbonyl (C=O) groups excluding carboxylic acids is 1. The summed E-state index contributed by atoms with van der Waals surface area (Å²) < 4.78 is 48.6. The Labute approximate surface area is 215 Å². The van der Waals surface area contributed by atoms with Gasteiger partial charge in [0.05, 0.1) is 0 Å². The Morgan fingerprint density at radius 1 is 0.921 bits per heavy atom. The molecular weight excluding hydrogens is 499 g/mol. The quantitative estimate of drug-likeness (QED) is 0.322. The van der Waals surface area contributed by atoms with Crippen LogP contribution in [0.1, 0.15) is 42.7 Å².